The highest BCUT2D eigenvalue weighted by molar-refractivity contribution is 5.84. The molecule has 1 aliphatic rings. The van der Waals surface area contributed by atoms with Crippen molar-refractivity contribution in [3.05, 3.63) is 47.7 Å². The molecule has 29 heavy (non-hydrogen) atoms. The number of halogens is 2. The summed E-state index contributed by atoms with van der Waals surface area (Å²) in [7, 11) is 1.90. The third kappa shape index (κ3) is 3.07. The van der Waals surface area contributed by atoms with Crippen molar-refractivity contribution in [1.82, 2.24) is 29.3 Å². The second-order valence-electron chi connectivity index (χ2n) is 8.00. The molecule has 4 heterocycles. The lowest BCUT2D eigenvalue weighted by Crippen LogP contribution is -2.40. The van der Waals surface area contributed by atoms with E-state index in [1.54, 1.807) is 15.4 Å². The smallest absolute Gasteiger partial charge is 0.156 e. The minimum absolute atomic E-state index is 0.260. The van der Waals surface area contributed by atoms with Gasteiger partial charge >= 0.3 is 0 Å². The minimum Gasteiger partial charge on any atom is -0.303 e. The monoisotopic (exact) mass is 396 g/mol. The number of fused-ring (bicyclic) bond motifs is 2. The van der Waals surface area contributed by atoms with Gasteiger partial charge in [-0.25, -0.2) is 18.3 Å². The fourth-order valence-electron chi connectivity index (χ4n) is 4.16. The Hall–Kier alpha value is -2.87. The van der Waals surface area contributed by atoms with Crippen molar-refractivity contribution in [3.63, 3.8) is 0 Å². The van der Waals surface area contributed by atoms with Gasteiger partial charge < -0.3 is 4.90 Å². The summed E-state index contributed by atoms with van der Waals surface area (Å²) in [5.74, 6) is -0.430. The average molecular weight is 396 g/mol. The molecule has 0 saturated carbocycles. The third-order valence-corrected chi connectivity index (χ3v) is 5.66. The molecule has 150 valence electrons. The van der Waals surface area contributed by atoms with Crippen LogP contribution in [-0.2, 0) is 0 Å². The van der Waals surface area contributed by atoms with E-state index in [0.717, 1.165) is 23.4 Å². The van der Waals surface area contributed by atoms with Crippen LogP contribution >= 0.6 is 0 Å². The molecule has 5 rings (SSSR count). The van der Waals surface area contributed by atoms with Crippen molar-refractivity contribution in [2.75, 3.05) is 20.1 Å². The van der Waals surface area contributed by atoms with Crippen molar-refractivity contribution in [2.24, 2.45) is 0 Å². The first-order chi connectivity index (χ1) is 13.9. The quantitative estimate of drug-likeness (QED) is 0.518. The number of likely N-dealkylation sites (tertiary alicyclic amines) is 1. The predicted molar refractivity (Wildman–Crippen MR) is 107 cm³/mol. The molecule has 1 aliphatic heterocycles. The highest BCUT2D eigenvalue weighted by Gasteiger charge is 2.30. The first-order valence-corrected chi connectivity index (χ1v) is 9.74. The zero-order chi connectivity index (χ0) is 20.3. The van der Waals surface area contributed by atoms with Gasteiger partial charge in [0.15, 0.2) is 11.5 Å². The summed E-state index contributed by atoms with van der Waals surface area (Å²) in [6, 6.07) is 4.84. The van der Waals surface area contributed by atoms with Crippen LogP contribution in [0.4, 0.5) is 8.78 Å². The number of hydrogen-bond acceptors (Lipinski definition) is 4. The van der Waals surface area contributed by atoms with Crippen LogP contribution in [0.5, 0.6) is 0 Å². The van der Waals surface area contributed by atoms with Gasteiger partial charge in [0.25, 0.3) is 0 Å². The largest absolute Gasteiger partial charge is 0.303 e. The molecule has 0 radical (unpaired) electrons. The fourth-order valence-corrected chi connectivity index (χ4v) is 4.16. The molecule has 0 aliphatic carbocycles. The number of alkyl halides is 1. The average Bonchev–Trinajstić information content (AvgIpc) is 3.25. The Balaban J connectivity index is 1.58. The second-order valence-corrected chi connectivity index (χ2v) is 8.00. The van der Waals surface area contributed by atoms with E-state index in [1.807, 2.05) is 44.1 Å². The van der Waals surface area contributed by atoms with E-state index >= 15 is 0 Å². The lowest BCUT2D eigenvalue weighted by Gasteiger charge is -2.32. The van der Waals surface area contributed by atoms with Gasteiger partial charge in [-0.3, -0.25) is 4.68 Å². The molecule has 2 atom stereocenters. The second kappa shape index (κ2) is 6.59. The molecular formula is C21H22F2N6. The van der Waals surface area contributed by atoms with Crippen LogP contribution in [0.15, 0.2) is 30.6 Å². The summed E-state index contributed by atoms with van der Waals surface area (Å²) >= 11 is 0. The van der Waals surface area contributed by atoms with Crippen LogP contribution in [-0.4, -0.2) is 55.6 Å². The number of rotatable bonds is 2. The molecule has 4 aromatic rings. The standard InChI is InChI=1S/C21H22F2N6/c1-12-6-18(25-29-9-13(2)24-21(12)29)14-7-15-10-28(26-20(15)16(22)8-14)19-4-5-27(3)11-17(19)23/h6-10,17,19H,4-5,11H2,1-3H3/t17?,19-/m1/s1. The van der Waals surface area contributed by atoms with Crippen LogP contribution in [0, 0.1) is 19.7 Å². The Kier molecular flexibility index (Phi) is 4.13. The van der Waals surface area contributed by atoms with Crippen molar-refractivity contribution in [2.45, 2.75) is 32.5 Å². The topological polar surface area (TPSA) is 51.3 Å². The summed E-state index contributed by atoms with van der Waals surface area (Å²) in [5, 5.41) is 9.60. The van der Waals surface area contributed by atoms with Crippen LogP contribution < -0.4 is 0 Å². The summed E-state index contributed by atoms with van der Waals surface area (Å²) in [6.45, 7) is 5.03. The molecule has 1 saturated heterocycles. The summed E-state index contributed by atoms with van der Waals surface area (Å²) in [5.41, 5.74) is 4.20. The van der Waals surface area contributed by atoms with Gasteiger partial charge in [-0.05, 0) is 51.1 Å². The predicted octanol–water partition coefficient (Wildman–Crippen LogP) is 3.72. The van der Waals surface area contributed by atoms with Crippen molar-refractivity contribution < 1.29 is 8.78 Å². The fraction of sp³-hybridized carbons (Fsp3) is 0.381. The van der Waals surface area contributed by atoms with Gasteiger partial charge in [-0.1, -0.05) is 0 Å². The number of nitrogens with zero attached hydrogens (tertiary/aromatic N) is 6. The molecule has 0 N–H and O–H groups in total. The Bertz CT molecular complexity index is 1230. The molecule has 0 spiro atoms. The highest BCUT2D eigenvalue weighted by Crippen LogP contribution is 2.30. The Labute approximate surface area is 166 Å². The summed E-state index contributed by atoms with van der Waals surface area (Å²) in [4.78, 5) is 6.42. The van der Waals surface area contributed by atoms with E-state index in [4.69, 9.17) is 0 Å². The minimum atomic E-state index is -1.03. The first-order valence-electron chi connectivity index (χ1n) is 9.74. The van der Waals surface area contributed by atoms with E-state index in [2.05, 4.69) is 15.2 Å². The molecule has 1 unspecified atom stereocenters. The van der Waals surface area contributed by atoms with E-state index in [1.165, 1.54) is 6.07 Å². The highest BCUT2D eigenvalue weighted by atomic mass is 19.1. The number of piperidine rings is 1. The number of aryl methyl sites for hydroxylation is 2. The maximum atomic E-state index is 14.9. The van der Waals surface area contributed by atoms with Gasteiger partial charge in [0.05, 0.1) is 23.6 Å². The Morgan fingerprint density at radius 2 is 1.93 bits per heavy atom. The van der Waals surface area contributed by atoms with Crippen LogP contribution in [0.2, 0.25) is 0 Å². The third-order valence-electron chi connectivity index (χ3n) is 5.66. The van der Waals surface area contributed by atoms with E-state index < -0.39 is 12.0 Å². The SMILES string of the molecule is Cc1cn2nc(-c3cc(F)c4nn([C@@H]5CCN(C)CC5F)cc4c3)cc(C)c2n1. The lowest BCUT2D eigenvalue weighted by atomic mass is 10.0. The summed E-state index contributed by atoms with van der Waals surface area (Å²) in [6.07, 6.45) is 3.22. The first kappa shape index (κ1) is 18.2. The Morgan fingerprint density at radius 3 is 2.72 bits per heavy atom. The van der Waals surface area contributed by atoms with E-state index in [9.17, 15) is 8.78 Å². The molecule has 6 nitrogen and oxygen atoms in total. The van der Waals surface area contributed by atoms with Crippen LogP contribution in [0.25, 0.3) is 27.8 Å². The molecule has 1 fully saturated rings. The van der Waals surface area contributed by atoms with Crippen molar-refractivity contribution in [1.29, 1.82) is 0 Å². The number of hydrogen-bond donors (Lipinski definition) is 0. The number of imidazole rings is 1. The lowest BCUT2D eigenvalue weighted by molar-refractivity contribution is 0.101. The van der Waals surface area contributed by atoms with Crippen LogP contribution in [0.3, 0.4) is 0 Å². The molecule has 8 heteroatoms. The van der Waals surface area contributed by atoms with E-state index in [-0.39, 0.29) is 11.6 Å². The molecule has 0 bridgehead atoms. The van der Waals surface area contributed by atoms with Crippen molar-refractivity contribution >= 4 is 16.6 Å². The van der Waals surface area contributed by atoms with Gasteiger partial charge in [-0.15, -0.1) is 0 Å². The normalized spacial score (nSPS) is 20.7. The van der Waals surface area contributed by atoms with Gasteiger partial charge in [0.1, 0.15) is 11.7 Å². The maximum absolute atomic E-state index is 14.9. The molecule has 3 aromatic heterocycles. The molecule has 1 aromatic carbocycles. The molecule has 0 amide bonds. The van der Waals surface area contributed by atoms with Gasteiger partial charge in [0.2, 0.25) is 0 Å². The van der Waals surface area contributed by atoms with E-state index in [0.29, 0.717) is 29.6 Å². The van der Waals surface area contributed by atoms with Crippen molar-refractivity contribution in [3.8, 4) is 11.3 Å². The van der Waals surface area contributed by atoms with Gasteiger partial charge in [0, 0.05) is 30.2 Å². The van der Waals surface area contributed by atoms with Gasteiger partial charge in [-0.2, -0.15) is 10.2 Å². The number of aromatic nitrogens is 5. The zero-order valence-corrected chi connectivity index (χ0v) is 16.6. The maximum Gasteiger partial charge on any atom is 0.156 e. The zero-order valence-electron chi connectivity index (χ0n) is 16.6. The molecular weight excluding hydrogens is 374 g/mol. The Morgan fingerprint density at radius 1 is 1.10 bits per heavy atom. The number of benzene rings is 1. The summed E-state index contributed by atoms with van der Waals surface area (Å²) < 4.78 is 32.7. The van der Waals surface area contributed by atoms with Crippen LogP contribution in [0.1, 0.15) is 23.7 Å².